The Morgan fingerprint density at radius 1 is 1.13 bits per heavy atom. The van der Waals surface area contributed by atoms with Crippen LogP contribution < -0.4 is 0 Å². The molecular formula is C13H20S2. The van der Waals surface area contributed by atoms with Crippen molar-refractivity contribution in [3.05, 3.63) is 23.3 Å². The monoisotopic (exact) mass is 240 g/mol. The fourth-order valence-electron chi connectivity index (χ4n) is 2.37. The van der Waals surface area contributed by atoms with E-state index in [1.807, 2.05) is 0 Å². The van der Waals surface area contributed by atoms with Gasteiger partial charge in [-0.05, 0) is 61.7 Å². The van der Waals surface area contributed by atoms with Crippen LogP contribution in [0.2, 0.25) is 0 Å². The van der Waals surface area contributed by atoms with E-state index in [4.69, 9.17) is 0 Å². The molecule has 15 heavy (non-hydrogen) atoms. The van der Waals surface area contributed by atoms with Crippen molar-refractivity contribution in [2.75, 3.05) is 11.5 Å². The molecule has 84 valence electrons. The molecule has 1 saturated heterocycles. The Bertz CT molecular complexity index is 272. The first-order valence-corrected chi connectivity index (χ1v) is 8.00. The lowest BCUT2D eigenvalue weighted by atomic mass is 9.89. The molecule has 1 fully saturated rings. The Morgan fingerprint density at radius 3 is 2.47 bits per heavy atom. The molecule has 1 aliphatic heterocycles. The Kier molecular flexibility index (Phi) is 4.27. The summed E-state index contributed by atoms with van der Waals surface area (Å²) in [6.45, 7) is 6.33. The van der Waals surface area contributed by atoms with Gasteiger partial charge in [0.2, 0.25) is 0 Å². The normalized spacial score (nSPS) is 24.3. The van der Waals surface area contributed by atoms with E-state index in [9.17, 15) is 0 Å². The number of thioether (sulfide) groups is 2. The average Bonchev–Trinajstić information content (AvgIpc) is 2.30. The maximum atomic E-state index is 4.15. The maximum Gasteiger partial charge on any atom is 0.0717 e. The molecule has 1 heterocycles. The molecule has 2 rings (SSSR count). The fraction of sp³-hybridized carbons (Fsp3) is 0.692. The van der Waals surface area contributed by atoms with E-state index < -0.39 is 0 Å². The lowest BCUT2D eigenvalue weighted by Crippen LogP contribution is -2.14. The minimum atomic E-state index is 0.755. The summed E-state index contributed by atoms with van der Waals surface area (Å²) in [6, 6.07) is 0. The Hall–Kier alpha value is 0.180. The van der Waals surface area contributed by atoms with Crippen LogP contribution in [0.4, 0.5) is 0 Å². The van der Waals surface area contributed by atoms with E-state index >= 15 is 0 Å². The molecule has 0 amide bonds. The van der Waals surface area contributed by atoms with E-state index in [0.29, 0.717) is 0 Å². The van der Waals surface area contributed by atoms with Crippen molar-refractivity contribution in [1.82, 2.24) is 0 Å². The Balaban J connectivity index is 2.17. The molecule has 0 bridgehead atoms. The Labute approximate surface area is 102 Å². The van der Waals surface area contributed by atoms with Gasteiger partial charge in [0, 0.05) is 0 Å². The molecule has 0 aromatic rings. The van der Waals surface area contributed by atoms with E-state index in [1.54, 1.807) is 11.1 Å². The zero-order chi connectivity index (χ0) is 10.7. The van der Waals surface area contributed by atoms with Gasteiger partial charge in [-0.3, -0.25) is 0 Å². The predicted octanol–water partition coefficient (Wildman–Crippen LogP) is 4.63. The van der Waals surface area contributed by atoms with Gasteiger partial charge in [0.15, 0.2) is 0 Å². The first-order chi connectivity index (χ1) is 7.29. The van der Waals surface area contributed by atoms with Crippen LogP contribution in [0.3, 0.4) is 0 Å². The van der Waals surface area contributed by atoms with Crippen molar-refractivity contribution < 1.29 is 0 Å². The quantitative estimate of drug-likeness (QED) is 0.690. The van der Waals surface area contributed by atoms with Gasteiger partial charge in [-0.1, -0.05) is 12.2 Å². The van der Waals surface area contributed by atoms with Crippen LogP contribution in [-0.4, -0.2) is 16.1 Å². The lowest BCUT2D eigenvalue weighted by molar-refractivity contribution is 0.675. The second-order valence-electron chi connectivity index (χ2n) is 4.42. The average molecular weight is 240 g/mol. The lowest BCUT2D eigenvalue weighted by Gasteiger charge is -2.29. The molecule has 0 atom stereocenters. The van der Waals surface area contributed by atoms with Gasteiger partial charge in [-0.15, -0.1) is 23.5 Å². The number of rotatable bonds is 2. The Morgan fingerprint density at radius 2 is 1.80 bits per heavy atom. The summed E-state index contributed by atoms with van der Waals surface area (Å²) in [4.78, 5) is 0. The van der Waals surface area contributed by atoms with E-state index in [2.05, 4.69) is 37.0 Å². The zero-order valence-corrected chi connectivity index (χ0v) is 11.2. The van der Waals surface area contributed by atoms with Crippen LogP contribution in [0, 0.1) is 0 Å². The number of hydrogen-bond donors (Lipinski definition) is 0. The summed E-state index contributed by atoms with van der Waals surface area (Å²) in [6.07, 6.45) is 6.76. The van der Waals surface area contributed by atoms with Gasteiger partial charge in [-0.2, -0.15) is 0 Å². The van der Waals surface area contributed by atoms with Crippen LogP contribution in [0.1, 0.15) is 39.0 Å². The van der Waals surface area contributed by atoms with E-state index in [0.717, 1.165) is 4.58 Å². The van der Waals surface area contributed by atoms with Crippen molar-refractivity contribution in [3.8, 4) is 0 Å². The molecule has 0 saturated carbocycles. The largest absolute Gasteiger partial charge is 0.143 e. The van der Waals surface area contributed by atoms with Crippen LogP contribution in [0.15, 0.2) is 23.3 Å². The van der Waals surface area contributed by atoms with Crippen molar-refractivity contribution in [1.29, 1.82) is 0 Å². The molecule has 0 aromatic heterocycles. The molecular weight excluding hydrogens is 220 g/mol. The predicted molar refractivity (Wildman–Crippen MR) is 73.6 cm³/mol. The molecule has 0 spiro atoms. The second kappa shape index (κ2) is 5.49. The molecule has 0 aromatic carbocycles. The summed E-state index contributed by atoms with van der Waals surface area (Å²) in [7, 11) is 0. The van der Waals surface area contributed by atoms with E-state index in [-0.39, 0.29) is 0 Å². The number of hydrogen-bond acceptors (Lipinski definition) is 2. The standard InChI is InChI=1S/C13H20S2/c1-10(2)11-6-3-4-7-12(11)13-14-8-5-9-15-13/h13H,1,3-9H2,2H3. The van der Waals surface area contributed by atoms with Crippen molar-refractivity contribution >= 4 is 23.5 Å². The third kappa shape index (κ3) is 2.85. The highest BCUT2D eigenvalue weighted by Gasteiger charge is 2.24. The summed E-state index contributed by atoms with van der Waals surface area (Å²) < 4.78 is 0.755. The van der Waals surface area contributed by atoms with Crippen molar-refractivity contribution in [2.45, 2.75) is 43.6 Å². The second-order valence-corrected chi connectivity index (χ2v) is 7.14. The summed E-state index contributed by atoms with van der Waals surface area (Å²) in [5, 5.41) is 0. The van der Waals surface area contributed by atoms with E-state index in [1.165, 1.54) is 49.2 Å². The van der Waals surface area contributed by atoms with Crippen LogP contribution >= 0.6 is 23.5 Å². The van der Waals surface area contributed by atoms with Crippen molar-refractivity contribution in [2.24, 2.45) is 0 Å². The smallest absolute Gasteiger partial charge is 0.0717 e. The van der Waals surface area contributed by atoms with Gasteiger partial charge in [0.25, 0.3) is 0 Å². The van der Waals surface area contributed by atoms with Crippen LogP contribution in [0.5, 0.6) is 0 Å². The maximum absolute atomic E-state index is 4.15. The molecule has 2 aliphatic rings. The van der Waals surface area contributed by atoms with Gasteiger partial charge >= 0.3 is 0 Å². The molecule has 0 nitrogen and oxygen atoms in total. The summed E-state index contributed by atoms with van der Waals surface area (Å²) >= 11 is 4.31. The highest BCUT2D eigenvalue weighted by molar-refractivity contribution is 8.17. The number of allylic oxidation sites excluding steroid dienone is 2. The van der Waals surface area contributed by atoms with Gasteiger partial charge in [0.1, 0.15) is 0 Å². The zero-order valence-electron chi connectivity index (χ0n) is 9.55. The summed E-state index contributed by atoms with van der Waals surface area (Å²) in [5.74, 6) is 2.70. The SMILES string of the molecule is C=C(C)C1=C(C2SCCCS2)CCCC1. The molecule has 0 N–H and O–H groups in total. The third-order valence-corrected chi connectivity index (χ3v) is 6.18. The van der Waals surface area contributed by atoms with Gasteiger partial charge in [0.05, 0.1) is 4.58 Å². The molecule has 0 unspecified atom stereocenters. The van der Waals surface area contributed by atoms with Crippen LogP contribution in [-0.2, 0) is 0 Å². The minimum absolute atomic E-state index is 0.755. The first-order valence-electron chi connectivity index (χ1n) is 5.90. The van der Waals surface area contributed by atoms with Gasteiger partial charge in [-0.25, -0.2) is 0 Å². The highest BCUT2D eigenvalue weighted by atomic mass is 32.2. The third-order valence-electron chi connectivity index (χ3n) is 3.14. The first kappa shape index (κ1) is 11.7. The van der Waals surface area contributed by atoms with Crippen molar-refractivity contribution in [3.63, 3.8) is 0 Å². The van der Waals surface area contributed by atoms with Gasteiger partial charge < -0.3 is 0 Å². The molecule has 2 heteroatoms. The fourth-order valence-corrected chi connectivity index (χ4v) is 5.48. The molecule has 1 aliphatic carbocycles. The molecule has 0 radical (unpaired) electrons. The minimum Gasteiger partial charge on any atom is -0.143 e. The highest BCUT2D eigenvalue weighted by Crippen LogP contribution is 2.42. The topological polar surface area (TPSA) is 0 Å². The van der Waals surface area contributed by atoms with Crippen LogP contribution in [0.25, 0.3) is 0 Å². The summed E-state index contributed by atoms with van der Waals surface area (Å²) in [5.41, 5.74) is 4.65.